The van der Waals surface area contributed by atoms with E-state index in [0.29, 0.717) is 12.3 Å². The summed E-state index contributed by atoms with van der Waals surface area (Å²) in [7, 11) is 0. The van der Waals surface area contributed by atoms with E-state index in [1.54, 1.807) is 6.08 Å². The van der Waals surface area contributed by atoms with Crippen LogP contribution in [-0.4, -0.2) is 5.88 Å². The molecule has 0 aliphatic rings. The normalized spacial score (nSPS) is 11.0. The maximum Gasteiger partial charge on any atom is 0.133 e. The summed E-state index contributed by atoms with van der Waals surface area (Å²) in [5, 5.41) is 0. The monoisotopic (exact) mass is 202 g/mol. The first-order valence-corrected chi connectivity index (χ1v) is 4.45. The molecule has 0 radical (unpaired) electrons. The van der Waals surface area contributed by atoms with Crippen LogP contribution in [0.4, 0.5) is 8.78 Å². The van der Waals surface area contributed by atoms with Crippen molar-refractivity contribution in [3.05, 3.63) is 41.5 Å². The number of hydrogen-bond acceptors (Lipinski definition) is 0. The summed E-state index contributed by atoms with van der Waals surface area (Å²) < 4.78 is 25.9. The minimum Gasteiger partial charge on any atom is -0.206 e. The molecule has 70 valence electrons. The lowest BCUT2D eigenvalue weighted by molar-refractivity contribution is 0.578. The SMILES string of the molecule is Fc1cccc(F)c1/C=C/CCCl. The Morgan fingerprint density at radius 2 is 1.85 bits per heavy atom. The average Bonchev–Trinajstić information content (AvgIpc) is 2.10. The summed E-state index contributed by atoms with van der Waals surface area (Å²) >= 11 is 5.41. The minimum absolute atomic E-state index is 0.00684. The largest absolute Gasteiger partial charge is 0.206 e. The van der Waals surface area contributed by atoms with Gasteiger partial charge in [0.1, 0.15) is 11.6 Å². The fraction of sp³-hybridized carbons (Fsp3) is 0.200. The molecule has 0 amide bonds. The maximum atomic E-state index is 13.0. The second kappa shape index (κ2) is 4.97. The van der Waals surface area contributed by atoms with Gasteiger partial charge in [-0.05, 0) is 18.6 Å². The molecule has 0 saturated carbocycles. The predicted octanol–water partition coefficient (Wildman–Crippen LogP) is 3.61. The van der Waals surface area contributed by atoms with Gasteiger partial charge in [0, 0.05) is 11.4 Å². The van der Waals surface area contributed by atoms with Gasteiger partial charge in [0.2, 0.25) is 0 Å². The number of benzene rings is 1. The lowest BCUT2D eigenvalue weighted by Crippen LogP contribution is -1.86. The van der Waals surface area contributed by atoms with Crippen LogP contribution >= 0.6 is 11.6 Å². The number of alkyl halides is 1. The van der Waals surface area contributed by atoms with E-state index in [9.17, 15) is 8.78 Å². The Labute approximate surface area is 80.8 Å². The molecule has 0 nitrogen and oxygen atoms in total. The van der Waals surface area contributed by atoms with Gasteiger partial charge in [-0.2, -0.15) is 0 Å². The van der Waals surface area contributed by atoms with Crippen molar-refractivity contribution in [2.75, 3.05) is 5.88 Å². The Kier molecular flexibility index (Phi) is 3.90. The molecular weight excluding hydrogens is 194 g/mol. The van der Waals surface area contributed by atoms with E-state index >= 15 is 0 Å². The van der Waals surface area contributed by atoms with Crippen molar-refractivity contribution >= 4 is 17.7 Å². The van der Waals surface area contributed by atoms with Gasteiger partial charge in [0.05, 0.1) is 0 Å². The first kappa shape index (κ1) is 10.2. The third-order valence-corrected chi connectivity index (χ3v) is 1.78. The molecule has 0 spiro atoms. The molecule has 1 aromatic rings. The Hall–Kier alpha value is -0.890. The summed E-state index contributed by atoms with van der Waals surface area (Å²) in [6.07, 6.45) is 3.66. The molecule has 0 fully saturated rings. The van der Waals surface area contributed by atoms with Gasteiger partial charge in [-0.15, -0.1) is 11.6 Å². The van der Waals surface area contributed by atoms with Crippen molar-refractivity contribution < 1.29 is 8.78 Å². The molecule has 1 rings (SSSR count). The minimum atomic E-state index is -0.550. The summed E-state index contributed by atoms with van der Waals surface area (Å²) in [5.41, 5.74) is -0.00684. The maximum absolute atomic E-state index is 13.0. The quantitative estimate of drug-likeness (QED) is 0.657. The molecule has 0 bridgehead atoms. The number of rotatable bonds is 3. The molecule has 0 aromatic heterocycles. The Balaban J connectivity index is 2.87. The Bertz CT molecular complexity index is 288. The van der Waals surface area contributed by atoms with Crippen molar-refractivity contribution in [1.29, 1.82) is 0 Å². The van der Waals surface area contributed by atoms with Gasteiger partial charge in [0.15, 0.2) is 0 Å². The summed E-state index contributed by atoms with van der Waals surface area (Å²) in [5.74, 6) is -0.649. The zero-order valence-electron chi connectivity index (χ0n) is 6.93. The van der Waals surface area contributed by atoms with Crippen LogP contribution in [0.25, 0.3) is 6.08 Å². The van der Waals surface area contributed by atoms with E-state index in [4.69, 9.17) is 11.6 Å². The molecule has 0 aliphatic heterocycles. The number of allylic oxidation sites excluding steroid dienone is 1. The molecule has 0 atom stereocenters. The third kappa shape index (κ3) is 2.81. The smallest absolute Gasteiger partial charge is 0.133 e. The van der Waals surface area contributed by atoms with Crippen molar-refractivity contribution in [3.8, 4) is 0 Å². The van der Waals surface area contributed by atoms with E-state index in [2.05, 4.69) is 0 Å². The Morgan fingerprint density at radius 1 is 1.23 bits per heavy atom. The highest BCUT2D eigenvalue weighted by molar-refractivity contribution is 6.17. The van der Waals surface area contributed by atoms with Gasteiger partial charge >= 0.3 is 0 Å². The predicted molar refractivity (Wildman–Crippen MR) is 50.7 cm³/mol. The van der Waals surface area contributed by atoms with E-state index in [-0.39, 0.29) is 5.56 Å². The zero-order chi connectivity index (χ0) is 9.68. The fourth-order valence-corrected chi connectivity index (χ4v) is 1.06. The van der Waals surface area contributed by atoms with E-state index in [1.165, 1.54) is 24.3 Å². The summed E-state index contributed by atoms with van der Waals surface area (Å²) in [6.45, 7) is 0. The van der Waals surface area contributed by atoms with Gasteiger partial charge in [-0.3, -0.25) is 0 Å². The second-order valence-electron chi connectivity index (χ2n) is 2.52. The van der Waals surface area contributed by atoms with Gasteiger partial charge in [-0.25, -0.2) is 8.78 Å². The van der Waals surface area contributed by atoms with E-state index < -0.39 is 11.6 Å². The van der Waals surface area contributed by atoms with Crippen molar-refractivity contribution in [1.82, 2.24) is 0 Å². The molecule has 0 saturated heterocycles. The standard InChI is InChI=1S/C10H9ClF2/c11-7-2-1-4-8-9(12)5-3-6-10(8)13/h1,3-6H,2,7H2/b4-1+. The topological polar surface area (TPSA) is 0 Å². The van der Waals surface area contributed by atoms with Crippen molar-refractivity contribution in [2.45, 2.75) is 6.42 Å². The van der Waals surface area contributed by atoms with Crippen molar-refractivity contribution in [2.24, 2.45) is 0 Å². The lowest BCUT2D eigenvalue weighted by atomic mass is 10.2. The molecule has 3 heteroatoms. The highest BCUT2D eigenvalue weighted by Gasteiger charge is 2.03. The highest BCUT2D eigenvalue weighted by atomic mass is 35.5. The van der Waals surface area contributed by atoms with Gasteiger partial charge in [-0.1, -0.05) is 18.2 Å². The molecule has 0 heterocycles. The van der Waals surface area contributed by atoms with Gasteiger partial charge in [0.25, 0.3) is 0 Å². The molecule has 0 N–H and O–H groups in total. The van der Waals surface area contributed by atoms with Crippen molar-refractivity contribution in [3.63, 3.8) is 0 Å². The van der Waals surface area contributed by atoms with Crippen LogP contribution in [0.5, 0.6) is 0 Å². The summed E-state index contributed by atoms with van der Waals surface area (Å²) in [4.78, 5) is 0. The molecule has 13 heavy (non-hydrogen) atoms. The van der Waals surface area contributed by atoms with E-state index in [1.807, 2.05) is 0 Å². The first-order valence-electron chi connectivity index (χ1n) is 3.92. The van der Waals surface area contributed by atoms with Crippen LogP contribution < -0.4 is 0 Å². The molecule has 1 aromatic carbocycles. The lowest BCUT2D eigenvalue weighted by Gasteiger charge is -1.97. The number of hydrogen-bond donors (Lipinski definition) is 0. The van der Waals surface area contributed by atoms with Crippen LogP contribution in [0.1, 0.15) is 12.0 Å². The van der Waals surface area contributed by atoms with Crippen LogP contribution in [0.2, 0.25) is 0 Å². The average molecular weight is 203 g/mol. The van der Waals surface area contributed by atoms with E-state index in [0.717, 1.165) is 0 Å². The zero-order valence-corrected chi connectivity index (χ0v) is 7.69. The molecular formula is C10H9ClF2. The number of halogens is 3. The second-order valence-corrected chi connectivity index (χ2v) is 2.89. The first-order chi connectivity index (χ1) is 6.25. The fourth-order valence-electron chi connectivity index (χ4n) is 0.934. The van der Waals surface area contributed by atoms with Crippen LogP contribution in [0.15, 0.2) is 24.3 Å². The van der Waals surface area contributed by atoms with Crippen LogP contribution in [0, 0.1) is 11.6 Å². The van der Waals surface area contributed by atoms with Gasteiger partial charge < -0.3 is 0 Å². The van der Waals surface area contributed by atoms with Crippen LogP contribution in [-0.2, 0) is 0 Å². The van der Waals surface area contributed by atoms with Crippen LogP contribution in [0.3, 0.4) is 0 Å². The molecule has 0 unspecified atom stereocenters. The Morgan fingerprint density at radius 3 is 2.38 bits per heavy atom. The third-order valence-electron chi connectivity index (χ3n) is 1.56. The highest BCUT2D eigenvalue weighted by Crippen LogP contribution is 2.13. The summed E-state index contributed by atoms with van der Waals surface area (Å²) in [6, 6.07) is 3.79. The molecule has 0 aliphatic carbocycles.